The van der Waals surface area contributed by atoms with Gasteiger partial charge < -0.3 is 20.3 Å². The largest absolute Gasteiger partial charge is 0.389 e. The molecule has 0 heterocycles. The Morgan fingerprint density at radius 1 is 1.38 bits per heavy atom. The number of hydrogen-bond donors (Lipinski definition) is 3. The fraction of sp³-hybridized carbons (Fsp3) is 1.00. The maximum Gasteiger partial charge on any atom is 0.0897 e. The molecule has 0 aliphatic carbocycles. The number of rotatable bonds is 10. The summed E-state index contributed by atoms with van der Waals surface area (Å²) in [4.78, 5) is 0. The topological polar surface area (TPSA) is 61.7 Å². The minimum atomic E-state index is -0.692. The molecule has 4 nitrogen and oxygen atoms in total. The summed E-state index contributed by atoms with van der Waals surface area (Å²) in [6.07, 6.45) is 2.34. The van der Waals surface area contributed by atoms with E-state index in [2.05, 4.69) is 12.2 Å². The molecule has 0 aliphatic rings. The third kappa shape index (κ3) is 9.09. The summed E-state index contributed by atoms with van der Waals surface area (Å²) in [5.74, 6) is 0. The van der Waals surface area contributed by atoms with E-state index in [1.54, 1.807) is 6.92 Å². The van der Waals surface area contributed by atoms with Crippen molar-refractivity contribution in [2.45, 2.75) is 51.7 Å². The van der Waals surface area contributed by atoms with E-state index in [4.69, 9.17) is 4.74 Å². The van der Waals surface area contributed by atoms with Crippen molar-refractivity contribution in [3.8, 4) is 0 Å². The number of ether oxygens (including phenoxy) is 1. The molecule has 2 unspecified atom stereocenters. The van der Waals surface area contributed by atoms with Crippen molar-refractivity contribution in [1.29, 1.82) is 0 Å². The summed E-state index contributed by atoms with van der Waals surface area (Å²) in [7, 11) is 0. The molecule has 98 valence electrons. The molecule has 0 fully saturated rings. The van der Waals surface area contributed by atoms with Crippen LogP contribution < -0.4 is 5.32 Å². The lowest BCUT2D eigenvalue weighted by Gasteiger charge is -2.22. The Bertz CT molecular complexity index is 162. The quantitative estimate of drug-likeness (QED) is 0.491. The molecule has 4 heteroatoms. The van der Waals surface area contributed by atoms with Crippen molar-refractivity contribution >= 4 is 0 Å². The Hall–Kier alpha value is -0.160. The first-order valence-corrected chi connectivity index (χ1v) is 6.20. The Balaban J connectivity index is 3.40. The van der Waals surface area contributed by atoms with Crippen LogP contribution in [0.4, 0.5) is 0 Å². The Morgan fingerprint density at radius 3 is 2.62 bits per heavy atom. The zero-order valence-electron chi connectivity index (χ0n) is 10.8. The lowest BCUT2D eigenvalue weighted by molar-refractivity contribution is 0.0251. The fourth-order valence-corrected chi connectivity index (χ4v) is 1.16. The highest BCUT2D eigenvalue weighted by atomic mass is 16.5. The minimum Gasteiger partial charge on any atom is -0.389 e. The van der Waals surface area contributed by atoms with Crippen LogP contribution in [0.25, 0.3) is 0 Å². The molecule has 0 spiro atoms. The second kappa shape index (κ2) is 8.93. The predicted molar refractivity (Wildman–Crippen MR) is 65.5 cm³/mol. The van der Waals surface area contributed by atoms with Crippen molar-refractivity contribution in [2.75, 3.05) is 26.3 Å². The molecule has 0 rings (SSSR count). The highest BCUT2D eigenvalue weighted by Crippen LogP contribution is 2.05. The number of unbranched alkanes of at least 4 members (excludes halogenated alkanes) is 1. The summed E-state index contributed by atoms with van der Waals surface area (Å²) in [5.41, 5.74) is -0.692. The van der Waals surface area contributed by atoms with Gasteiger partial charge in [0.25, 0.3) is 0 Å². The highest BCUT2D eigenvalue weighted by molar-refractivity contribution is 4.74. The molecule has 0 bridgehead atoms. The smallest absolute Gasteiger partial charge is 0.0897 e. The van der Waals surface area contributed by atoms with Gasteiger partial charge in [-0.25, -0.2) is 0 Å². The van der Waals surface area contributed by atoms with E-state index in [1.807, 2.05) is 6.92 Å². The first-order valence-electron chi connectivity index (χ1n) is 6.20. The predicted octanol–water partition coefficient (Wildman–Crippen LogP) is 0.915. The highest BCUT2D eigenvalue weighted by Gasteiger charge is 2.17. The molecule has 16 heavy (non-hydrogen) atoms. The molecule has 0 aliphatic heterocycles. The average Bonchev–Trinajstić information content (AvgIpc) is 2.24. The lowest BCUT2D eigenvalue weighted by Crippen LogP contribution is -2.41. The molecule has 0 saturated carbocycles. The van der Waals surface area contributed by atoms with E-state index in [0.717, 1.165) is 12.8 Å². The molecule has 0 radical (unpaired) electrons. The van der Waals surface area contributed by atoms with Crippen LogP contribution in [0.15, 0.2) is 0 Å². The number of nitrogens with one attached hydrogen (secondary N) is 1. The van der Waals surface area contributed by atoms with Gasteiger partial charge in [0.05, 0.1) is 18.3 Å². The van der Waals surface area contributed by atoms with Gasteiger partial charge in [0, 0.05) is 19.7 Å². The first kappa shape index (κ1) is 15.8. The number of aliphatic hydroxyl groups excluding tert-OH is 1. The van der Waals surface area contributed by atoms with Crippen molar-refractivity contribution in [2.24, 2.45) is 0 Å². The lowest BCUT2D eigenvalue weighted by atomic mass is 10.0. The monoisotopic (exact) mass is 233 g/mol. The van der Waals surface area contributed by atoms with Gasteiger partial charge >= 0.3 is 0 Å². The third-order valence-electron chi connectivity index (χ3n) is 2.60. The summed E-state index contributed by atoms with van der Waals surface area (Å²) in [6.45, 7) is 7.85. The van der Waals surface area contributed by atoms with Crippen LogP contribution in [0.1, 0.15) is 40.0 Å². The number of hydrogen-bond acceptors (Lipinski definition) is 4. The van der Waals surface area contributed by atoms with E-state index in [1.165, 1.54) is 0 Å². The maximum absolute atomic E-state index is 9.71. The molecule has 0 aromatic rings. The molecule has 0 saturated heterocycles. The fourth-order valence-electron chi connectivity index (χ4n) is 1.16. The Morgan fingerprint density at radius 2 is 2.06 bits per heavy atom. The van der Waals surface area contributed by atoms with E-state index in [-0.39, 0.29) is 0 Å². The van der Waals surface area contributed by atoms with Crippen LogP contribution in [0.3, 0.4) is 0 Å². The second-order valence-electron chi connectivity index (χ2n) is 4.56. The molecule has 2 atom stereocenters. The van der Waals surface area contributed by atoms with Crippen LogP contribution in [-0.2, 0) is 4.74 Å². The maximum atomic E-state index is 9.71. The van der Waals surface area contributed by atoms with E-state index >= 15 is 0 Å². The van der Waals surface area contributed by atoms with Crippen LogP contribution >= 0.6 is 0 Å². The van der Waals surface area contributed by atoms with Gasteiger partial charge in [-0.15, -0.1) is 0 Å². The van der Waals surface area contributed by atoms with Crippen LogP contribution in [-0.4, -0.2) is 48.2 Å². The van der Waals surface area contributed by atoms with Gasteiger partial charge in [0.1, 0.15) is 0 Å². The third-order valence-corrected chi connectivity index (χ3v) is 2.60. The SMILES string of the molecule is CCCCOCC(O)CNCC(C)(O)CC. The van der Waals surface area contributed by atoms with Gasteiger partial charge in [-0.1, -0.05) is 20.3 Å². The average molecular weight is 233 g/mol. The number of aliphatic hydroxyl groups is 2. The second-order valence-corrected chi connectivity index (χ2v) is 4.56. The van der Waals surface area contributed by atoms with Crippen LogP contribution in [0.5, 0.6) is 0 Å². The summed E-state index contributed by atoms with van der Waals surface area (Å²) >= 11 is 0. The summed E-state index contributed by atoms with van der Waals surface area (Å²) < 4.78 is 5.29. The van der Waals surface area contributed by atoms with Crippen LogP contribution in [0, 0.1) is 0 Å². The van der Waals surface area contributed by atoms with Crippen LogP contribution in [0.2, 0.25) is 0 Å². The minimum absolute atomic E-state index is 0.362. The zero-order valence-corrected chi connectivity index (χ0v) is 10.8. The van der Waals surface area contributed by atoms with Crippen molar-refractivity contribution < 1.29 is 14.9 Å². The van der Waals surface area contributed by atoms with E-state index in [0.29, 0.717) is 32.7 Å². The molecule has 0 aromatic heterocycles. The van der Waals surface area contributed by atoms with Gasteiger partial charge in [-0.2, -0.15) is 0 Å². The van der Waals surface area contributed by atoms with Gasteiger partial charge in [-0.3, -0.25) is 0 Å². The molecule has 3 N–H and O–H groups in total. The van der Waals surface area contributed by atoms with Crippen molar-refractivity contribution in [3.05, 3.63) is 0 Å². The normalized spacial score (nSPS) is 17.1. The van der Waals surface area contributed by atoms with Gasteiger partial charge in [0.2, 0.25) is 0 Å². The van der Waals surface area contributed by atoms with Crippen molar-refractivity contribution in [1.82, 2.24) is 5.32 Å². The molecule has 0 aromatic carbocycles. The first-order chi connectivity index (χ1) is 7.52. The molecular weight excluding hydrogens is 206 g/mol. The molecular formula is C12H27NO3. The Kier molecular flexibility index (Phi) is 8.84. The van der Waals surface area contributed by atoms with E-state index in [9.17, 15) is 10.2 Å². The zero-order chi connectivity index (χ0) is 12.4. The van der Waals surface area contributed by atoms with Gasteiger partial charge in [-0.05, 0) is 19.8 Å². The summed E-state index contributed by atoms with van der Waals surface area (Å²) in [5, 5.41) is 22.3. The standard InChI is InChI=1S/C12H27NO3/c1-4-6-7-16-9-11(14)8-13-10-12(3,15)5-2/h11,13-15H,4-10H2,1-3H3. The van der Waals surface area contributed by atoms with E-state index < -0.39 is 11.7 Å². The Labute approximate surface area is 99.0 Å². The van der Waals surface area contributed by atoms with Gasteiger partial charge in [0.15, 0.2) is 0 Å². The summed E-state index contributed by atoms with van der Waals surface area (Å²) in [6, 6.07) is 0. The molecule has 0 amide bonds. The van der Waals surface area contributed by atoms with Crippen molar-refractivity contribution in [3.63, 3.8) is 0 Å².